The number of sulfone groups is 1. The molecule has 0 radical (unpaired) electrons. The van der Waals surface area contributed by atoms with Crippen LogP contribution >= 0.6 is 0 Å². The monoisotopic (exact) mass is 250 g/mol. The highest BCUT2D eigenvalue weighted by Gasteiger charge is 2.30. The third-order valence-electron chi connectivity index (χ3n) is 2.46. The van der Waals surface area contributed by atoms with Gasteiger partial charge in [-0.1, -0.05) is 0 Å². The number of nitrogens with two attached hydrogens (primary N) is 1. The van der Waals surface area contributed by atoms with E-state index >= 15 is 0 Å². The van der Waals surface area contributed by atoms with Crippen LogP contribution < -0.4 is 5.73 Å². The van der Waals surface area contributed by atoms with E-state index in [1.165, 1.54) is 11.8 Å². The molecule has 0 heterocycles. The van der Waals surface area contributed by atoms with Crippen molar-refractivity contribution in [3.63, 3.8) is 0 Å². The number of carbonyl (C=O) groups excluding carboxylic acids is 1. The molecule has 0 aliphatic rings. The summed E-state index contributed by atoms with van der Waals surface area (Å²) in [4.78, 5) is 13.4. The minimum absolute atomic E-state index is 0.152. The van der Waals surface area contributed by atoms with Crippen molar-refractivity contribution in [3.05, 3.63) is 0 Å². The van der Waals surface area contributed by atoms with Crippen LogP contribution in [0.4, 0.5) is 0 Å². The second-order valence-corrected chi connectivity index (χ2v) is 6.33. The van der Waals surface area contributed by atoms with Crippen LogP contribution in [-0.2, 0) is 14.6 Å². The number of hydrogen-bond donors (Lipinski definition) is 1. The molecule has 5 nitrogen and oxygen atoms in total. The molecule has 6 heteroatoms. The summed E-state index contributed by atoms with van der Waals surface area (Å²) < 4.78 is 23.6. The molecule has 0 aromatic rings. The van der Waals surface area contributed by atoms with Crippen LogP contribution in [0.1, 0.15) is 27.7 Å². The van der Waals surface area contributed by atoms with Gasteiger partial charge in [-0.05, 0) is 27.7 Å². The summed E-state index contributed by atoms with van der Waals surface area (Å²) in [7, 11) is -3.44. The number of rotatable bonds is 6. The van der Waals surface area contributed by atoms with Crippen molar-refractivity contribution in [3.8, 4) is 0 Å². The van der Waals surface area contributed by atoms with Crippen LogP contribution in [0.5, 0.6) is 0 Å². The Morgan fingerprint density at radius 1 is 1.25 bits per heavy atom. The Morgan fingerprint density at radius 2 is 1.69 bits per heavy atom. The first kappa shape index (κ1) is 15.4. The molecule has 0 aliphatic heterocycles. The van der Waals surface area contributed by atoms with Gasteiger partial charge < -0.3 is 10.6 Å². The second kappa shape index (κ2) is 6.20. The van der Waals surface area contributed by atoms with Gasteiger partial charge in [0.25, 0.3) is 0 Å². The summed E-state index contributed by atoms with van der Waals surface area (Å²) >= 11 is 0. The molecule has 0 aromatic carbocycles. The molecule has 0 spiro atoms. The first-order valence-corrected chi connectivity index (χ1v) is 7.23. The number of amides is 1. The summed E-state index contributed by atoms with van der Waals surface area (Å²) in [5.41, 5.74) is 5.45. The average Bonchev–Trinajstić information content (AvgIpc) is 2.16. The lowest BCUT2D eigenvalue weighted by atomic mass is 10.4. The van der Waals surface area contributed by atoms with Crippen LogP contribution in [0, 0.1) is 0 Å². The molecule has 0 saturated heterocycles. The standard InChI is InChI=1S/C10H22N2O3S/c1-5-12(6-2)10(13)9(4)16(14,15)7-8(3)11/h8-9H,5-7,11H2,1-4H3. The summed E-state index contributed by atoms with van der Waals surface area (Å²) in [5, 5.41) is -1.00. The Balaban J connectivity index is 4.78. The van der Waals surface area contributed by atoms with E-state index in [4.69, 9.17) is 5.73 Å². The minimum Gasteiger partial charge on any atom is -0.342 e. The number of carbonyl (C=O) groups is 1. The molecular formula is C10H22N2O3S. The predicted octanol–water partition coefficient (Wildman–Crippen LogP) is 0.00530. The van der Waals surface area contributed by atoms with Crippen LogP contribution in [0.15, 0.2) is 0 Å². The van der Waals surface area contributed by atoms with E-state index in [9.17, 15) is 13.2 Å². The Kier molecular flexibility index (Phi) is 5.96. The maximum absolute atomic E-state index is 11.8. The maximum Gasteiger partial charge on any atom is 0.240 e. The smallest absolute Gasteiger partial charge is 0.240 e. The SMILES string of the molecule is CCN(CC)C(=O)C(C)S(=O)(=O)CC(C)N. The molecule has 1 amide bonds. The van der Waals surface area contributed by atoms with E-state index in [1.807, 2.05) is 13.8 Å². The van der Waals surface area contributed by atoms with Gasteiger partial charge in [-0.3, -0.25) is 4.79 Å². The fourth-order valence-corrected chi connectivity index (χ4v) is 2.93. The first-order valence-electron chi connectivity index (χ1n) is 5.52. The van der Waals surface area contributed by atoms with E-state index in [-0.39, 0.29) is 11.7 Å². The summed E-state index contributed by atoms with van der Waals surface area (Å²) in [6, 6.07) is -0.447. The van der Waals surface area contributed by atoms with E-state index in [0.29, 0.717) is 13.1 Å². The van der Waals surface area contributed by atoms with E-state index in [0.717, 1.165) is 0 Å². The summed E-state index contributed by atoms with van der Waals surface area (Å²) in [5.74, 6) is -0.494. The fraction of sp³-hybridized carbons (Fsp3) is 0.900. The van der Waals surface area contributed by atoms with Crippen molar-refractivity contribution >= 4 is 15.7 Å². The van der Waals surface area contributed by atoms with Crippen molar-refractivity contribution < 1.29 is 13.2 Å². The zero-order valence-corrected chi connectivity index (χ0v) is 11.3. The highest BCUT2D eigenvalue weighted by atomic mass is 32.2. The van der Waals surface area contributed by atoms with Gasteiger partial charge in [-0.2, -0.15) is 0 Å². The Labute approximate surface area is 97.9 Å². The maximum atomic E-state index is 11.8. The van der Waals surface area contributed by atoms with Crippen molar-refractivity contribution in [2.24, 2.45) is 5.73 Å². The molecule has 2 atom stereocenters. The molecule has 0 aliphatic carbocycles. The molecule has 0 fully saturated rings. The fourth-order valence-electron chi connectivity index (χ4n) is 1.46. The summed E-state index contributed by atoms with van der Waals surface area (Å²) in [6.45, 7) is 7.74. The van der Waals surface area contributed by atoms with E-state index < -0.39 is 21.1 Å². The molecule has 16 heavy (non-hydrogen) atoms. The molecule has 0 aromatic heterocycles. The van der Waals surface area contributed by atoms with Crippen LogP contribution in [0.25, 0.3) is 0 Å². The predicted molar refractivity (Wildman–Crippen MR) is 64.8 cm³/mol. The van der Waals surface area contributed by atoms with Gasteiger partial charge >= 0.3 is 0 Å². The van der Waals surface area contributed by atoms with Crippen molar-refractivity contribution in [2.75, 3.05) is 18.8 Å². The number of hydrogen-bond acceptors (Lipinski definition) is 4. The van der Waals surface area contributed by atoms with E-state index in [1.54, 1.807) is 6.92 Å². The zero-order chi connectivity index (χ0) is 12.9. The highest BCUT2D eigenvalue weighted by molar-refractivity contribution is 7.92. The Morgan fingerprint density at radius 3 is 2.00 bits per heavy atom. The third kappa shape index (κ3) is 4.09. The second-order valence-electron chi connectivity index (χ2n) is 3.96. The third-order valence-corrected chi connectivity index (χ3v) is 4.73. The van der Waals surface area contributed by atoms with Gasteiger partial charge in [0.2, 0.25) is 5.91 Å². The molecule has 0 rings (SSSR count). The van der Waals surface area contributed by atoms with Crippen LogP contribution in [-0.4, -0.2) is 49.4 Å². The zero-order valence-electron chi connectivity index (χ0n) is 10.4. The van der Waals surface area contributed by atoms with Gasteiger partial charge in [0.15, 0.2) is 9.84 Å². The topological polar surface area (TPSA) is 80.5 Å². The molecule has 0 saturated carbocycles. The van der Waals surface area contributed by atoms with Gasteiger partial charge in [0.05, 0.1) is 5.75 Å². The Hall–Kier alpha value is -0.620. The van der Waals surface area contributed by atoms with Gasteiger partial charge in [-0.25, -0.2) is 8.42 Å². The van der Waals surface area contributed by atoms with Crippen molar-refractivity contribution in [1.29, 1.82) is 0 Å². The molecule has 2 unspecified atom stereocenters. The quantitative estimate of drug-likeness (QED) is 0.720. The van der Waals surface area contributed by atoms with Crippen LogP contribution in [0.3, 0.4) is 0 Å². The van der Waals surface area contributed by atoms with Gasteiger partial charge in [-0.15, -0.1) is 0 Å². The lowest BCUT2D eigenvalue weighted by molar-refractivity contribution is -0.130. The first-order chi connectivity index (χ1) is 7.26. The van der Waals surface area contributed by atoms with Crippen molar-refractivity contribution in [1.82, 2.24) is 4.90 Å². The average molecular weight is 250 g/mol. The molecule has 2 N–H and O–H groups in total. The van der Waals surface area contributed by atoms with Gasteiger partial charge in [0, 0.05) is 19.1 Å². The normalized spacial score (nSPS) is 15.6. The van der Waals surface area contributed by atoms with Gasteiger partial charge in [0.1, 0.15) is 5.25 Å². The summed E-state index contributed by atoms with van der Waals surface area (Å²) in [6.07, 6.45) is 0. The largest absolute Gasteiger partial charge is 0.342 e. The lowest BCUT2D eigenvalue weighted by Crippen LogP contribution is -2.44. The highest BCUT2D eigenvalue weighted by Crippen LogP contribution is 2.07. The van der Waals surface area contributed by atoms with Crippen LogP contribution in [0.2, 0.25) is 0 Å². The lowest BCUT2D eigenvalue weighted by Gasteiger charge is -2.23. The Bertz CT molecular complexity index is 321. The van der Waals surface area contributed by atoms with E-state index in [2.05, 4.69) is 0 Å². The molecule has 0 bridgehead atoms. The van der Waals surface area contributed by atoms with Crippen molar-refractivity contribution in [2.45, 2.75) is 39.0 Å². The minimum atomic E-state index is -3.44. The number of nitrogens with zero attached hydrogens (tertiary/aromatic N) is 1. The molecule has 96 valence electrons. The molecular weight excluding hydrogens is 228 g/mol.